The fourth-order valence-electron chi connectivity index (χ4n) is 0.801. The minimum atomic E-state index is -0.790. The number of rotatable bonds is 4. The zero-order chi connectivity index (χ0) is 11.4. The minimum Gasteiger partial charge on any atom is -0.454 e. The summed E-state index contributed by atoms with van der Waals surface area (Å²) in [6.07, 6.45) is 0.736. The Bertz CT molecular complexity index is 218. The number of esters is 1. The SMILES string of the molecule is CCC(N)CC(=O)C(=O)OC(C)(C)C. The largest absolute Gasteiger partial charge is 0.454 e. The molecular formula is C10H19NO3. The quantitative estimate of drug-likeness (QED) is 0.544. The number of Topliss-reactive ketones (excluding diaryl/α,β-unsaturated/α-hetero) is 1. The number of carbonyl (C=O) groups is 2. The second kappa shape index (κ2) is 5.10. The number of hydrogen-bond acceptors (Lipinski definition) is 4. The van der Waals surface area contributed by atoms with Crippen molar-refractivity contribution in [3.8, 4) is 0 Å². The van der Waals surface area contributed by atoms with Gasteiger partial charge in [-0.1, -0.05) is 6.92 Å². The highest BCUT2D eigenvalue weighted by atomic mass is 16.6. The second-order valence-corrected chi connectivity index (χ2v) is 4.30. The Morgan fingerprint density at radius 1 is 1.36 bits per heavy atom. The van der Waals surface area contributed by atoms with Crippen LogP contribution in [0.4, 0.5) is 0 Å². The monoisotopic (exact) mass is 201 g/mol. The fraction of sp³-hybridized carbons (Fsp3) is 0.800. The van der Waals surface area contributed by atoms with E-state index >= 15 is 0 Å². The van der Waals surface area contributed by atoms with Crippen LogP contribution in [-0.2, 0) is 14.3 Å². The number of ether oxygens (including phenoxy) is 1. The van der Waals surface area contributed by atoms with Crippen molar-refractivity contribution >= 4 is 11.8 Å². The highest BCUT2D eigenvalue weighted by molar-refractivity contribution is 6.33. The predicted molar refractivity (Wildman–Crippen MR) is 53.7 cm³/mol. The molecule has 0 aliphatic carbocycles. The molecule has 0 heterocycles. The van der Waals surface area contributed by atoms with E-state index in [1.54, 1.807) is 20.8 Å². The van der Waals surface area contributed by atoms with Crippen LogP contribution in [0.25, 0.3) is 0 Å². The Labute approximate surface area is 84.8 Å². The van der Waals surface area contributed by atoms with Gasteiger partial charge in [0.2, 0.25) is 5.78 Å². The highest BCUT2D eigenvalue weighted by Crippen LogP contribution is 2.08. The average Bonchev–Trinajstić information content (AvgIpc) is 2.00. The molecule has 0 aromatic rings. The van der Waals surface area contributed by atoms with Gasteiger partial charge in [0.1, 0.15) is 5.60 Å². The molecule has 0 rings (SSSR count). The van der Waals surface area contributed by atoms with Gasteiger partial charge in [-0.05, 0) is 27.2 Å². The summed E-state index contributed by atoms with van der Waals surface area (Å²) in [4.78, 5) is 22.4. The van der Waals surface area contributed by atoms with Gasteiger partial charge in [0, 0.05) is 12.5 Å². The maximum atomic E-state index is 11.2. The Morgan fingerprint density at radius 2 is 1.86 bits per heavy atom. The van der Waals surface area contributed by atoms with Crippen molar-refractivity contribution in [1.82, 2.24) is 0 Å². The third-order valence-electron chi connectivity index (χ3n) is 1.60. The van der Waals surface area contributed by atoms with Crippen LogP contribution >= 0.6 is 0 Å². The molecule has 0 saturated carbocycles. The summed E-state index contributed by atoms with van der Waals surface area (Å²) in [6, 6.07) is -0.255. The van der Waals surface area contributed by atoms with E-state index in [1.807, 2.05) is 6.92 Å². The smallest absolute Gasteiger partial charge is 0.375 e. The molecule has 14 heavy (non-hydrogen) atoms. The average molecular weight is 201 g/mol. The molecule has 1 atom stereocenters. The van der Waals surface area contributed by atoms with E-state index in [0.717, 1.165) is 0 Å². The summed E-state index contributed by atoms with van der Waals surface area (Å²) in [7, 11) is 0. The molecular weight excluding hydrogens is 182 g/mol. The number of nitrogens with two attached hydrogens (primary N) is 1. The van der Waals surface area contributed by atoms with E-state index in [2.05, 4.69) is 0 Å². The van der Waals surface area contributed by atoms with Gasteiger partial charge in [-0.15, -0.1) is 0 Å². The van der Waals surface area contributed by atoms with Crippen LogP contribution < -0.4 is 5.73 Å². The molecule has 0 amide bonds. The molecule has 82 valence electrons. The molecule has 2 N–H and O–H groups in total. The standard InChI is InChI=1S/C10H19NO3/c1-5-7(11)6-8(12)9(13)14-10(2,3)4/h7H,5-6,11H2,1-4H3. The maximum absolute atomic E-state index is 11.2. The Kier molecular flexibility index (Phi) is 4.77. The van der Waals surface area contributed by atoms with Crippen molar-refractivity contribution in [1.29, 1.82) is 0 Å². The Morgan fingerprint density at radius 3 is 2.21 bits per heavy atom. The van der Waals surface area contributed by atoms with Gasteiger partial charge in [0.25, 0.3) is 0 Å². The van der Waals surface area contributed by atoms with E-state index in [0.29, 0.717) is 6.42 Å². The van der Waals surface area contributed by atoms with Crippen LogP contribution in [0.5, 0.6) is 0 Å². The summed E-state index contributed by atoms with van der Waals surface area (Å²) >= 11 is 0. The molecule has 4 nitrogen and oxygen atoms in total. The molecule has 0 bridgehead atoms. The predicted octanol–water partition coefficient (Wildman–Crippen LogP) is 1.02. The van der Waals surface area contributed by atoms with Gasteiger partial charge in [0.05, 0.1) is 0 Å². The first-order valence-corrected chi connectivity index (χ1v) is 4.78. The molecule has 0 aromatic heterocycles. The number of ketones is 1. The van der Waals surface area contributed by atoms with Gasteiger partial charge in [-0.25, -0.2) is 4.79 Å². The molecule has 0 aliphatic rings. The van der Waals surface area contributed by atoms with E-state index in [4.69, 9.17) is 10.5 Å². The van der Waals surface area contributed by atoms with Crippen molar-refractivity contribution < 1.29 is 14.3 Å². The normalized spacial score (nSPS) is 13.5. The lowest BCUT2D eigenvalue weighted by Gasteiger charge is -2.19. The molecule has 0 spiro atoms. The lowest BCUT2D eigenvalue weighted by Crippen LogP contribution is -2.32. The van der Waals surface area contributed by atoms with Crippen LogP contribution in [0, 0.1) is 0 Å². The summed E-state index contributed by atoms with van der Waals surface area (Å²) < 4.78 is 4.90. The van der Waals surface area contributed by atoms with Gasteiger partial charge in [-0.2, -0.15) is 0 Å². The van der Waals surface area contributed by atoms with Crippen LogP contribution in [0.15, 0.2) is 0 Å². The van der Waals surface area contributed by atoms with Crippen molar-refractivity contribution in [3.05, 3.63) is 0 Å². The van der Waals surface area contributed by atoms with Gasteiger partial charge in [-0.3, -0.25) is 4.79 Å². The van der Waals surface area contributed by atoms with Crippen molar-refractivity contribution in [3.63, 3.8) is 0 Å². The fourth-order valence-corrected chi connectivity index (χ4v) is 0.801. The van der Waals surface area contributed by atoms with Gasteiger partial charge in [0.15, 0.2) is 0 Å². The highest BCUT2D eigenvalue weighted by Gasteiger charge is 2.23. The third-order valence-corrected chi connectivity index (χ3v) is 1.60. The topological polar surface area (TPSA) is 69.4 Å². The maximum Gasteiger partial charge on any atom is 0.375 e. The van der Waals surface area contributed by atoms with E-state index in [1.165, 1.54) is 0 Å². The Balaban J connectivity index is 4.08. The van der Waals surface area contributed by atoms with Crippen molar-refractivity contribution in [2.75, 3.05) is 0 Å². The zero-order valence-electron chi connectivity index (χ0n) is 9.29. The molecule has 0 radical (unpaired) electrons. The summed E-state index contributed by atoms with van der Waals surface area (Å²) in [5, 5.41) is 0. The molecule has 0 aliphatic heterocycles. The van der Waals surface area contributed by atoms with E-state index in [-0.39, 0.29) is 12.5 Å². The first kappa shape index (κ1) is 13.1. The molecule has 0 aromatic carbocycles. The lowest BCUT2D eigenvalue weighted by molar-refractivity contribution is -0.162. The van der Waals surface area contributed by atoms with Crippen molar-refractivity contribution in [2.45, 2.75) is 52.2 Å². The zero-order valence-corrected chi connectivity index (χ0v) is 9.29. The number of hydrogen-bond donors (Lipinski definition) is 1. The van der Waals surface area contributed by atoms with Crippen LogP contribution in [0.1, 0.15) is 40.5 Å². The second-order valence-electron chi connectivity index (χ2n) is 4.30. The summed E-state index contributed by atoms with van der Waals surface area (Å²) in [5.41, 5.74) is 4.92. The summed E-state index contributed by atoms with van der Waals surface area (Å²) in [5.74, 6) is -1.34. The molecule has 0 fully saturated rings. The van der Waals surface area contributed by atoms with Crippen LogP contribution in [0.3, 0.4) is 0 Å². The molecule has 0 saturated heterocycles. The Hall–Kier alpha value is -0.900. The minimum absolute atomic E-state index is 0.0609. The first-order valence-electron chi connectivity index (χ1n) is 4.78. The van der Waals surface area contributed by atoms with Gasteiger partial charge >= 0.3 is 5.97 Å². The molecule has 1 unspecified atom stereocenters. The summed E-state index contributed by atoms with van der Waals surface area (Å²) in [6.45, 7) is 7.03. The third kappa shape index (κ3) is 5.70. The number of carbonyl (C=O) groups excluding carboxylic acids is 2. The molecule has 4 heteroatoms. The van der Waals surface area contributed by atoms with Crippen molar-refractivity contribution in [2.24, 2.45) is 5.73 Å². The lowest BCUT2D eigenvalue weighted by atomic mass is 10.1. The van der Waals surface area contributed by atoms with E-state index < -0.39 is 17.4 Å². The van der Waals surface area contributed by atoms with Crippen LogP contribution in [0.2, 0.25) is 0 Å². The van der Waals surface area contributed by atoms with Crippen LogP contribution in [-0.4, -0.2) is 23.4 Å². The van der Waals surface area contributed by atoms with Gasteiger partial charge < -0.3 is 10.5 Å². The van der Waals surface area contributed by atoms with E-state index in [9.17, 15) is 9.59 Å². The first-order chi connectivity index (χ1) is 6.26.